The van der Waals surface area contributed by atoms with E-state index in [4.69, 9.17) is 9.84 Å². The zero-order valence-electron chi connectivity index (χ0n) is 10.5. The van der Waals surface area contributed by atoms with Crippen LogP contribution < -0.4 is 4.74 Å². The van der Waals surface area contributed by atoms with Crippen molar-refractivity contribution in [3.8, 4) is 5.75 Å². The van der Waals surface area contributed by atoms with E-state index in [0.717, 1.165) is 17.3 Å². The number of nitrogens with zero attached hydrogens (tertiary/aromatic N) is 2. The zero-order valence-corrected chi connectivity index (χ0v) is 11.3. The number of benzene rings is 1. The maximum Gasteiger partial charge on any atom is 0.313 e. The summed E-state index contributed by atoms with van der Waals surface area (Å²) in [6, 6.07) is 2.87. The summed E-state index contributed by atoms with van der Waals surface area (Å²) in [6.07, 6.45) is 0. The molecule has 1 N–H and O–H groups in total. The lowest BCUT2D eigenvalue weighted by Gasteiger charge is -2.05. The van der Waals surface area contributed by atoms with Gasteiger partial charge in [0.1, 0.15) is 0 Å². The Morgan fingerprint density at radius 3 is 2.89 bits per heavy atom. The predicted octanol–water partition coefficient (Wildman–Crippen LogP) is 2.38. The summed E-state index contributed by atoms with van der Waals surface area (Å²) in [7, 11) is 1.40. The minimum Gasteiger partial charge on any atom is -0.494 e. The van der Waals surface area contributed by atoms with Gasteiger partial charge in [-0.05, 0) is 6.92 Å². The number of imidazole rings is 1. The summed E-state index contributed by atoms with van der Waals surface area (Å²) >= 11 is 1.11. The van der Waals surface area contributed by atoms with Crippen LogP contribution in [0.15, 0.2) is 17.3 Å². The summed E-state index contributed by atoms with van der Waals surface area (Å²) in [5.41, 5.74) is 1.22. The van der Waals surface area contributed by atoms with E-state index in [0.29, 0.717) is 17.2 Å². The molecular formula is C12H13FN2O3S. The van der Waals surface area contributed by atoms with Crippen LogP contribution in [0.3, 0.4) is 0 Å². The zero-order chi connectivity index (χ0) is 14.0. The van der Waals surface area contributed by atoms with Crippen LogP contribution >= 0.6 is 11.8 Å². The van der Waals surface area contributed by atoms with E-state index >= 15 is 0 Å². The third kappa shape index (κ3) is 2.65. The van der Waals surface area contributed by atoms with E-state index in [1.54, 1.807) is 6.07 Å². The van der Waals surface area contributed by atoms with Crippen LogP contribution in [0.4, 0.5) is 4.39 Å². The van der Waals surface area contributed by atoms with Gasteiger partial charge in [0.25, 0.3) is 0 Å². The summed E-state index contributed by atoms with van der Waals surface area (Å²) in [4.78, 5) is 14.9. The number of hydrogen-bond acceptors (Lipinski definition) is 4. The largest absolute Gasteiger partial charge is 0.494 e. The van der Waals surface area contributed by atoms with Gasteiger partial charge in [-0.2, -0.15) is 0 Å². The minimum absolute atomic E-state index is 0.0804. The Morgan fingerprint density at radius 2 is 2.32 bits per heavy atom. The number of carboxylic acid groups (broad SMARTS) is 1. The minimum atomic E-state index is -0.913. The first-order valence-electron chi connectivity index (χ1n) is 5.65. The first-order chi connectivity index (χ1) is 9.06. The van der Waals surface area contributed by atoms with Crippen molar-refractivity contribution in [1.82, 2.24) is 9.55 Å². The fraction of sp³-hybridized carbons (Fsp3) is 0.333. The number of carbonyl (C=O) groups is 1. The number of ether oxygens (including phenoxy) is 1. The second-order valence-electron chi connectivity index (χ2n) is 3.80. The molecule has 0 aliphatic rings. The van der Waals surface area contributed by atoms with Crippen LogP contribution in [0.2, 0.25) is 0 Å². The quantitative estimate of drug-likeness (QED) is 0.854. The molecule has 0 saturated carbocycles. The molecule has 0 radical (unpaired) electrons. The van der Waals surface area contributed by atoms with E-state index in [9.17, 15) is 9.18 Å². The van der Waals surface area contributed by atoms with Gasteiger partial charge in [0.2, 0.25) is 0 Å². The fourth-order valence-electron chi connectivity index (χ4n) is 1.80. The molecule has 0 bridgehead atoms. The van der Waals surface area contributed by atoms with Crippen molar-refractivity contribution in [2.24, 2.45) is 0 Å². The molecule has 1 aromatic carbocycles. The lowest BCUT2D eigenvalue weighted by Crippen LogP contribution is -2.02. The maximum atomic E-state index is 13.6. The highest BCUT2D eigenvalue weighted by molar-refractivity contribution is 7.99. The molecule has 0 aliphatic carbocycles. The first kappa shape index (κ1) is 13.7. The van der Waals surface area contributed by atoms with Gasteiger partial charge >= 0.3 is 5.97 Å². The van der Waals surface area contributed by atoms with Crippen molar-refractivity contribution in [1.29, 1.82) is 0 Å². The van der Waals surface area contributed by atoms with Crippen LogP contribution in [-0.2, 0) is 11.3 Å². The van der Waals surface area contributed by atoms with E-state index in [-0.39, 0.29) is 11.5 Å². The number of aryl methyl sites for hydroxylation is 1. The molecule has 0 spiro atoms. The number of methoxy groups -OCH3 is 1. The van der Waals surface area contributed by atoms with Gasteiger partial charge in [0.05, 0.1) is 23.9 Å². The molecule has 0 aliphatic heterocycles. The molecule has 0 fully saturated rings. The van der Waals surface area contributed by atoms with Crippen molar-refractivity contribution >= 4 is 28.8 Å². The maximum absolute atomic E-state index is 13.6. The van der Waals surface area contributed by atoms with Crippen LogP contribution in [-0.4, -0.2) is 33.5 Å². The number of rotatable bonds is 5. The van der Waals surface area contributed by atoms with Gasteiger partial charge in [-0.1, -0.05) is 11.8 Å². The number of hydrogen-bond donors (Lipinski definition) is 1. The Bertz CT molecular complexity index is 627. The Labute approximate surface area is 113 Å². The van der Waals surface area contributed by atoms with E-state index in [1.165, 1.54) is 13.2 Å². The second kappa shape index (κ2) is 5.48. The Morgan fingerprint density at radius 1 is 1.58 bits per heavy atom. The Balaban J connectivity index is 2.51. The van der Waals surface area contributed by atoms with Gasteiger partial charge in [-0.3, -0.25) is 4.79 Å². The van der Waals surface area contributed by atoms with Gasteiger partial charge < -0.3 is 14.4 Å². The molecule has 1 aromatic heterocycles. The molecule has 0 saturated heterocycles. The van der Waals surface area contributed by atoms with E-state index < -0.39 is 11.8 Å². The molecule has 0 amide bonds. The highest BCUT2D eigenvalue weighted by Gasteiger charge is 2.15. The third-order valence-electron chi connectivity index (χ3n) is 2.63. The topological polar surface area (TPSA) is 64.4 Å². The van der Waals surface area contributed by atoms with Gasteiger partial charge in [-0.15, -0.1) is 0 Å². The summed E-state index contributed by atoms with van der Waals surface area (Å²) in [5.74, 6) is -1.32. The summed E-state index contributed by atoms with van der Waals surface area (Å²) in [5, 5.41) is 9.26. The molecular weight excluding hydrogens is 271 g/mol. The second-order valence-corrected chi connectivity index (χ2v) is 4.74. The standard InChI is InChI=1S/C12H13FN2O3S/c1-3-15-9-5-10(18-2)7(13)4-8(9)14-12(15)19-6-11(16)17/h4-5H,3,6H2,1-2H3,(H,16,17). The first-order valence-corrected chi connectivity index (χ1v) is 6.63. The molecule has 2 rings (SSSR count). The molecule has 2 aromatic rings. The van der Waals surface area contributed by atoms with E-state index in [1.807, 2.05) is 11.5 Å². The molecule has 19 heavy (non-hydrogen) atoms. The van der Waals surface area contributed by atoms with Gasteiger partial charge in [-0.25, -0.2) is 9.37 Å². The number of fused-ring (bicyclic) bond motifs is 1. The van der Waals surface area contributed by atoms with Crippen LogP contribution in [0, 0.1) is 5.82 Å². The molecule has 7 heteroatoms. The molecule has 1 heterocycles. The van der Waals surface area contributed by atoms with Crippen molar-refractivity contribution in [2.45, 2.75) is 18.6 Å². The van der Waals surface area contributed by atoms with Crippen molar-refractivity contribution in [2.75, 3.05) is 12.9 Å². The smallest absolute Gasteiger partial charge is 0.313 e. The average Bonchev–Trinajstić information content (AvgIpc) is 2.71. The normalized spacial score (nSPS) is 10.9. The third-order valence-corrected chi connectivity index (χ3v) is 3.59. The molecule has 5 nitrogen and oxygen atoms in total. The van der Waals surface area contributed by atoms with Crippen LogP contribution in [0.25, 0.3) is 11.0 Å². The van der Waals surface area contributed by atoms with Crippen molar-refractivity contribution in [3.05, 3.63) is 17.9 Å². The number of aromatic nitrogens is 2. The lowest BCUT2D eigenvalue weighted by atomic mass is 10.3. The van der Waals surface area contributed by atoms with Gasteiger partial charge in [0.15, 0.2) is 16.7 Å². The number of halogens is 1. The summed E-state index contributed by atoms with van der Waals surface area (Å²) < 4.78 is 20.4. The lowest BCUT2D eigenvalue weighted by molar-refractivity contribution is -0.133. The number of thioether (sulfide) groups is 1. The van der Waals surface area contributed by atoms with Crippen molar-refractivity contribution < 1.29 is 19.0 Å². The van der Waals surface area contributed by atoms with E-state index in [2.05, 4.69) is 4.98 Å². The van der Waals surface area contributed by atoms with Gasteiger partial charge in [0, 0.05) is 18.7 Å². The highest BCUT2D eigenvalue weighted by atomic mass is 32.2. The highest BCUT2D eigenvalue weighted by Crippen LogP contribution is 2.29. The van der Waals surface area contributed by atoms with Crippen LogP contribution in [0.1, 0.15) is 6.92 Å². The molecule has 0 atom stereocenters. The Hall–Kier alpha value is -1.76. The number of carboxylic acids is 1. The fourth-order valence-corrected chi connectivity index (χ4v) is 2.60. The van der Waals surface area contributed by atoms with Crippen LogP contribution in [0.5, 0.6) is 5.75 Å². The Kier molecular flexibility index (Phi) is 3.94. The monoisotopic (exact) mass is 284 g/mol. The average molecular weight is 284 g/mol. The number of aliphatic carboxylic acids is 1. The molecule has 0 unspecified atom stereocenters. The van der Waals surface area contributed by atoms with Crippen molar-refractivity contribution in [3.63, 3.8) is 0 Å². The molecule has 102 valence electrons. The summed E-state index contributed by atoms with van der Waals surface area (Å²) in [6.45, 7) is 2.54. The SMILES string of the molecule is CCn1c(SCC(=O)O)nc2cc(F)c(OC)cc21. The predicted molar refractivity (Wildman–Crippen MR) is 70.3 cm³/mol.